The summed E-state index contributed by atoms with van der Waals surface area (Å²) in [7, 11) is 0. The summed E-state index contributed by atoms with van der Waals surface area (Å²) in [6, 6.07) is 11.3. The van der Waals surface area contributed by atoms with E-state index in [-0.39, 0.29) is 0 Å². The van der Waals surface area contributed by atoms with Crippen LogP contribution in [-0.4, -0.2) is 14.5 Å². The van der Waals surface area contributed by atoms with E-state index < -0.39 is 11.2 Å². The molecule has 3 rings (SSSR count). The topological polar surface area (TPSA) is 93.8 Å². The summed E-state index contributed by atoms with van der Waals surface area (Å²) in [4.78, 5) is 30.2. The molecule has 3 aromatic rings. The van der Waals surface area contributed by atoms with Crippen molar-refractivity contribution in [3.8, 4) is 0 Å². The van der Waals surface area contributed by atoms with E-state index in [1.54, 1.807) is 0 Å². The highest BCUT2D eigenvalue weighted by Gasteiger charge is 2.09. The van der Waals surface area contributed by atoms with Crippen LogP contribution in [0.4, 0.5) is 5.69 Å². The third-order valence-corrected chi connectivity index (χ3v) is 3.32. The van der Waals surface area contributed by atoms with Gasteiger partial charge in [-0.3, -0.25) is 14.3 Å². The van der Waals surface area contributed by atoms with Gasteiger partial charge in [0.2, 0.25) is 0 Å². The fourth-order valence-corrected chi connectivity index (χ4v) is 2.28. The Labute approximate surface area is 119 Å². The summed E-state index contributed by atoms with van der Waals surface area (Å²) < 4.78 is 1.46. The third kappa shape index (κ3) is 2.55. The van der Waals surface area contributed by atoms with Crippen LogP contribution in [0.5, 0.6) is 0 Å². The van der Waals surface area contributed by atoms with Crippen molar-refractivity contribution < 1.29 is 0 Å². The molecule has 21 heavy (non-hydrogen) atoms. The Morgan fingerprint density at radius 2 is 1.95 bits per heavy atom. The Kier molecular flexibility index (Phi) is 3.27. The van der Waals surface area contributed by atoms with Crippen LogP contribution in [0.1, 0.15) is 5.56 Å². The molecular formula is C15H14N4O2. The quantitative estimate of drug-likeness (QED) is 0.746. The molecular weight excluding hydrogens is 268 g/mol. The SMILES string of the molecule is Nc1cnc2c(c1)c(=O)[nH]c(=O)n2CCc1ccccc1. The maximum Gasteiger partial charge on any atom is 0.330 e. The van der Waals surface area contributed by atoms with Gasteiger partial charge in [0.05, 0.1) is 17.3 Å². The molecule has 0 aliphatic carbocycles. The highest BCUT2D eigenvalue weighted by Crippen LogP contribution is 2.09. The number of H-pyrrole nitrogens is 1. The van der Waals surface area contributed by atoms with Gasteiger partial charge >= 0.3 is 5.69 Å². The number of nitrogens with two attached hydrogens (primary N) is 1. The second kappa shape index (κ2) is 5.24. The summed E-state index contributed by atoms with van der Waals surface area (Å²) in [5, 5.41) is 0.322. The Morgan fingerprint density at radius 1 is 1.19 bits per heavy atom. The lowest BCUT2D eigenvalue weighted by Crippen LogP contribution is -2.31. The van der Waals surface area contributed by atoms with Gasteiger partial charge in [-0.1, -0.05) is 30.3 Å². The lowest BCUT2D eigenvalue weighted by atomic mass is 10.1. The smallest absolute Gasteiger partial charge is 0.330 e. The summed E-state index contributed by atoms with van der Waals surface area (Å²) in [6.07, 6.45) is 2.12. The van der Waals surface area contributed by atoms with Crippen LogP contribution < -0.4 is 17.0 Å². The molecule has 106 valence electrons. The molecule has 0 bridgehead atoms. The van der Waals surface area contributed by atoms with Crippen molar-refractivity contribution in [2.75, 3.05) is 5.73 Å². The molecule has 1 aromatic carbocycles. The summed E-state index contributed by atoms with van der Waals surface area (Å²) >= 11 is 0. The fourth-order valence-electron chi connectivity index (χ4n) is 2.28. The number of rotatable bonds is 3. The molecule has 0 amide bonds. The predicted molar refractivity (Wildman–Crippen MR) is 81.2 cm³/mol. The second-order valence-corrected chi connectivity index (χ2v) is 4.79. The van der Waals surface area contributed by atoms with E-state index in [9.17, 15) is 9.59 Å². The van der Waals surface area contributed by atoms with Gasteiger partial charge in [0, 0.05) is 6.54 Å². The zero-order valence-electron chi connectivity index (χ0n) is 11.2. The van der Waals surface area contributed by atoms with Crippen molar-refractivity contribution in [3.63, 3.8) is 0 Å². The molecule has 0 radical (unpaired) electrons. The Morgan fingerprint density at radius 3 is 2.71 bits per heavy atom. The maximum absolute atomic E-state index is 12.0. The number of aromatic amines is 1. The molecule has 6 heteroatoms. The van der Waals surface area contributed by atoms with Crippen LogP contribution in [0, 0.1) is 0 Å². The number of nitrogens with zero attached hydrogens (tertiary/aromatic N) is 2. The van der Waals surface area contributed by atoms with Gasteiger partial charge in [0.1, 0.15) is 5.65 Å². The Hall–Kier alpha value is -2.89. The molecule has 0 spiro atoms. The molecule has 0 aliphatic rings. The van der Waals surface area contributed by atoms with Gasteiger partial charge in [-0.25, -0.2) is 9.78 Å². The number of benzene rings is 1. The number of nitrogen functional groups attached to an aromatic ring is 1. The van der Waals surface area contributed by atoms with Gasteiger partial charge in [-0.05, 0) is 18.1 Å². The molecule has 0 atom stereocenters. The van der Waals surface area contributed by atoms with Gasteiger partial charge in [0.15, 0.2) is 0 Å². The molecule has 0 saturated heterocycles. The molecule has 0 saturated carbocycles. The zero-order chi connectivity index (χ0) is 14.8. The van der Waals surface area contributed by atoms with E-state index in [0.717, 1.165) is 5.56 Å². The monoisotopic (exact) mass is 282 g/mol. The number of aromatic nitrogens is 3. The average Bonchev–Trinajstić information content (AvgIpc) is 2.48. The van der Waals surface area contributed by atoms with Gasteiger partial charge in [-0.15, -0.1) is 0 Å². The second-order valence-electron chi connectivity index (χ2n) is 4.79. The number of nitrogens with one attached hydrogen (secondary N) is 1. The summed E-state index contributed by atoms with van der Waals surface area (Å²) in [5.74, 6) is 0. The lowest BCUT2D eigenvalue weighted by Gasteiger charge is -2.09. The number of fused-ring (bicyclic) bond motifs is 1. The van der Waals surface area contributed by atoms with Crippen molar-refractivity contribution in [1.82, 2.24) is 14.5 Å². The van der Waals surface area contributed by atoms with E-state index in [2.05, 4.69) is 9.97 Å². The Balaban J connectivity index is 2.06. The number of hydrogen-bond acceptors (Lipinski definition) is 4. The normalized spacial score (nSPS) is 10.9. The first-order valence-electron chi connectivity index (χ1n) is 6.57. The standard InChI is InChI=1S/C15H14N4O2/c16-11-8-12-13(17-9-11)19(15(21)18-14(12)20)7-6-10-4-2-1-3-5-10/h1-5,8-9H,6-7,16H2,(H,18,20,21). The van der Waals surface area contributed by atoms with Crippen molar-refractivity contribution in [3.05, 3.63) is 69.0 Å². The first kappa shape index (κ1) is 13.1. The van der Waals surface area contributed by atoms with Crippen LogP contribution in [-0.2, 0) is 13.0 Å². The third-order valence-electron chi connectivity index (χ3n) is 3.32. The van der Waals surface area contributed by atoms with E-state index in [1.807, 2.05) is 30.3 Å². The first-order valence-corrected chi connectivity index (χ1v) is 6.57. The molecule has 0 fully saturated rings. The van der Waals surface area contributed by atoms with Crippen LogP contribution in [0.2, 0.25) is 0 Å². The highest BCUT2D eigenvalue weighted by atomic mass is 16.2. The fraction of sp³-hybridized carbons (Fsp3) is 0.133. The summed E-state index contributed by atoms with van der Waals surface area (Å²) in [6.45, 7) is 0.438. The minimum absolute atomic E-state index is 0.322. The van der Waals surface area contributed by atoms with E-state index >= 15 is 0 Å². The van der Waals surface area contributed by atoms with Gasteiger partial charge in [-0.2, -0.15) is 0 Å². The average molecular weight is 282 g/mol. The van der Waals surface area contributed by atoms with Crippen LogP contribution >= 0.6 is 0 Å². The van der Waals surface area contributed by atoms with Crippen LogP contribution in [0.15, 0.2) is 52.2 Å². The molecule has 0 aliphatic heterocycles. The van der Waals surface area contributed by atoms with E-state index in [0.29, 0.717) is 29.7 Å². The van der Waals surface area contributed by atoms with Crippen molar-refractivity contribution in [2.24, 2.45) is 0 Å². The zero-order valence-corrected chi connectivity index (χ0v) is 11.2. The minimum atomic E-state index is -0.467. The molecule has 6 nitrogen and oxygen atoms in total. The number of pyridine rings is 1. The number of hydrogen-bond donors (Lipinski definition) is 2. The molecule has 0 unspecified atom stereocenters. The van der Waals surface area contributed by atoms with Gasteiger partial charge in [0.25, 0.3) is 5.56 Å². The minimum Gasteiger partial charge on any atom is -0.397 e. The largest absolute Gasteiger partial charge is 0.397 e. The van der Waals surface area contributed by atoms with Crippen molar-refractivity contribution >= 4 is 16.7 Å². The lowest BCUT2D eigenvalue weighted by molar-refractivity contribution is 0.666. The molecule has 3 N–H and O–H groups in total. The van der Waals surface area contributed by atoms with E-state index in [1.165, 1.54) is 16.8 Å². The van der Waals surface area contributed by atoms with Crippen molar-refractivity contribution in [1.29, 1.82) is 0 Å². The van der Waals surface area contributed by atoms with Crippen LogP contribution in [0.25, 0.3) is 11.0 Å². The van der Waals surface area contributed by atoms with Crippen molar-refractivity contribution in [2.45, 2.75) is 13.0 Å². The predicted octanol–water partition coefficient (Wildman–Crippen LogP) is 0.910. The highest BCUT2D eigenvalue weighted by molar-refractivity contribution is 5.76. The number of anilines is 1. The van der Waals surface area contributed by atoms with Crippen LogP contribution in [0.3, 0.4) is 0 Å². The maximum atomic E-state index is 12.0. The first-order chi connectivity index (χ1) is 10.1. The van der Waals surface area contributed by atoms with E-state index in [4.69, 9.17) is 5.73 Å². The summed E-state index contributed by atoms with van der Waals surface area (Å²) in [5.41, 5.74) is 6.57. The molecule has 2 heterocycles. The molecule has 2 aromatic heterocycles. The Bertz CT molecular complexity index is 897. The number of aryl methyl sites for hydroxylation is 2. The van der Waals surface area contributed by atoms with Gasteiger partial charge < -0.3 is 5.73 Å².